The van der Waals surface area contributed by atoms with Gasteiger partial charge in [0.05, 0.1) is 23.6 Å². The van der Waals surface area contributed by atoms with Gasteiger partial charge in [-0.3, -0.25) is 4.68 Å². The molecule has 5 rings (SSSR count). The van der Waals surface area contributed by atoms with E-state index in [1.165, 1.54) is 37.8 Å². The lowest BCUT2D eigenvalue weighted by atomic mass is 9.54. The van der Waals surface area contributed by atoms with Gasteiger partial charge in [0, 0.05) is 0 Å². The minimum atomic E-state index is 0.653. The van der Waals surface area contributed by atoms with E-state index in [9.17, 15) is 0 Å². The average Bonchev–Trinajstić information content (AvgIpc) is 2.60. The Morgan fingerprint density at radius 1 is 1.12 bits per heavy atom. The van der Waals surface area contributed by atoms with Gasteiger partial charge >= 0.3 is 0 Å². The summed E-state index contributed by atoms with van der Waals surface area (Å²) in [5.41, 5.74) is 7.99. The van der Waals surface area contributed by atoms with Crippen LogP contribution in [0.4, 0.5) is 5.69 Å². The lowest BCUT2D eigenvalue weighted by molar-refractivity contribution is -0.0343. The van der Waals surface area contributed by atoms with E-state index < -0.39 is 0 Å². The van der Waals surface area contributed by atoms with E-state index in [1.807, 2.05) is 6.20 Å². The van der Waals surface area contributed by atoms with Gasteiger partial charge in [-0.15, -0.1) is 0 Å². The average molecular weight is 231 g/mol. The van der Waals surface area contributed by atoms with Gasteiger partial charge < -0.3 is 5.73 Å². The molecule has 92 valence electrons. The Bertz CT molecular complexity index is 420. The highest BCUT2D eigenvalue weighted by atomic mass is 15.3. The van der Waals surface area contributed by atoms with Crippen molar-refractivity contribution in [1.29, 1.82) is 0 Å². The molecule has 1 heterocycles. The van der Waals surface area contributed by atoms with Crippen LogP contribution in [-0.2, 0) is 0 Å². The van der Waals surface area contributed by atoms with Gasteiger partial charge in [-0.1, -0.05) is 0 Å². The van der Waals surface area contributed by atoms with Gasteiger partial charge in [0.15, 0.2) is 0 Å². The van der Waals surface area contributed by atoms with Gasteiger partial charge in [0.2, 0.25) is 0 Å². The van der Waals surface area contributed by atoms with Crippen molar-refractivity contribution >= 4 is 5.69 Å². The number of nitrogen functional groups attached to an aromatic ring is 1. The molecule has 0 saturated heterocycles. The number of aromatic nitrogens is 2. The van der Waals surface area contributed by atoms with Crippen LogP contribution in [0.25, 0.3) is 0 Å². The maximum atomic E-state index is 5.95. The number of nitrogens with zero attached hydrogens (tertiary/aromatic N) is 2. The Balaban J connectivity index is 1.73. The van der Waals surface area contributed by atoms with Crippen LogP contribution in [0.15, 0.2) is 6.20 Å². The maximum Gasteiger partial charge on any atom is 0.0730 e. The summed E-state index contributed by atoms with van der Waals surface area (Å²) in [6.45, 7) is 2.12. The Morgan fingerprint density at radius 3 is 2.18 bits per heavy atom. The Labute approximate surface area is 102 Å². The van der Waals surface area contributed by atoms with E-state index in [-0.39, 0.29) is 0 Å². The second-order valence-corrected chi connectivity index (χ2v) is 6.55. The second-order valence-electron chi connectivity index (χ2n) is 6.55. The molecule has 3 heteroatoms. The summed E-state index contributed by atoms with van der Waals surface area (Å²) < 4.78 is 2.25. The standard InChI is InChI=1S/C14H21N3/c1-8-13(15)7-16-17(8)14-11-3-9-2-10(5-11)6-12(14)4-9/h7,9-12,14H,2-6,15H2,1H3. The van der Waals surface area contributed by atoms with Crippen molar-refractivity contribution in [1.82, 2.24) is 9.78 Å². The van der Waals surface area contributed by atoms with Gasteiger partial charge in [0.25, 0.3) is 0 Å². The molecular weight excluding hydrogens is 210 g/mol. The molecule has 4 bridgehead atoms. The number of anilines is 1. The predicted molar refractivity (Wildman–Crippen MR) is 67.5 cm³/mol. The zero-order valence-electron chi connectivity index (χ0n) is 10.5. The van der Waals surface area contributed by atoms with E-state index in [4.69, 9.17) is 5.73 Å². The lowest BCUT2D eigenvalue weighted by Gasteiger charge is -2.54. The quantitative estimate of drug-likeness (QED) is 0.807. The molecule has 0 unspecified atom stereocenters. The molecule has 17 heavy (non-hydrogen) atoms. The van der Waals surface area contributed by atoms with Crippen LogP contribution in [-0.4, -0.2) is 9.78 Å². The molecule has 0 aromatic carbocycles. The molecule has 3 nitrogen and oxygen atoms in total. The highest BCUT2D eigenvalue weighted by molar-refractivity contribution is 5.40. The maximum absolute atomic E-state index is 5.95. The third kappa shape index (κ3) is 1.31. The summed E-state index contributed by atoms with van der Waals surface area (Å²) in [6.07, 6.45) is 9.11. The number of rotatable bonds is 1. The molecule has 0 spiro atoms. The minimum absolute atomic E-state index is 0.653. The summed E-state index contributed by atoms with van der Waals surface area (Å²) in [7, 11) is 0. The highest BCUT2D eigenvalue weighted by Gasteiger charge is 2.49. The zero-order chi connectivity index (χ0) is 11.6. The number of nitrogens with two attached hydrogens (primary N) is 1. The highest BCUT2D eigenvalue weighted by Crippen LogP contribution is 2.58. The first-order valence-electron chi connectivity index (χ1n) is 7.02. The van der Waals surface area contributed by atoms with E-state index in [2.05, 4.69) is 16.7 Å². The van der Waals surface area contributed by atoms with E-state index in [0.29, 0.717) is 6.04 Å². The third-order valence-electron chi connectivity index (χ3n) is 5.54. The molecule has 0 radical (unpaired) electrons. The smallest absolute Gasteiger partial charge is 0.0730 e. The molecular formula is C14H21N3. The van der Waals surface area contributed by atoms with E-state index in [0.717, 1.165) is 29.4 Å². The van der Waals surface area contributed by atoms with Gasteiger partial charge in [-0.25, -0.2) is 0 Å². The first-order valence-corrected chi connectivity index (χ1v) is 7.02. The predicted octanol–water partition coefficient (Wildman–Crippen LogP) is 2.77. The molecule has 0 atom stereocenters. The summed E-state index contributed by atoms with van der Waals surface area (Å²) in [5, 5.41) is 4.55. The first-order chi connectivity index (χ1) is 8.22. The van der Waals surface area contributed by atoms with Crippen LogP contribution in [0.5, 0.6) is 0 Å². The monoisotopic (exact) mass is 231 g/mol. The molecule has 2 N–H and O–H groups in total. The van der Waals surface area contributed by atoms with Crippen LogP contribution in [0, 0.1) is 30.6 Å². The minimum Gasteiger partial charge on any atom is -0.396 e. The SMILES string of the molecule is Cc1c(N)cnn1C1C2CC3CC(C2)CC1C3. The zero-order valence-corrected chi connectivity index (χ0v) is 10.5. The van der Waals surface area contributed by atoms with Crippen molar-refractivity contribution in [3.05, 3.63) is 11.9 Å². The molecule has 4 saturated carbocycles. The molecule has 4 fully saturated rings. The summed E-state index contributed by atoms with van der Waals surface area (Å²) in [4.78, 5) is 0. The van der Waals surface area contributed by atoms with Gasteiger partial charge in [-0.2, -0.15) is 5.10 Å². The summed E-state index contributed by atoms with van der Waals surface area (Å²) >= 11 is 0. The van der Waals surface area contributed by atoms with Crippen LogP contribution < -0.4 is 5.73 Å². The lowest BCUT2D eigenvalue weighted by Crippen LogP contribution is -2.46. The molecule has 0 amide bonds. The first kappa shape index (κ1) is 9.98. The van der Waals surface area contributed by atoms with Crippen molar-refractivity contribution < 1.29 is 0 Å². The normalized spacial score (nSPS) is 43.2. The third-order valence-corrected chi connectivity index (χ3v) is 5.54. The Morgan fingerprint density at radius 2 is 1.71 bits per heavy atom. The second kappa shape index (κ2) is 3.27. The topological polar surface area (TPSA) is 43.8 Å². The van der Waals surface area contributed by atoms with Crippen LogP contribution in [0.2, 0.25) is 0 Å². The molecule has 4 aliphatic carbocycles. The Hall–Kier alpha value is -0.990. The van der Waals surface area contributed by atoms with Crippen molar-refractivity contribution in [3.8, 4) is 0 Å². The number of hydrogen-bond acceptors (Lipinski definition) is 2. The summed E-state index contributed by atoms with van der Waals surface area (Å²) in [6, 6.07) is 0.653. The molecule has 1 aromatic rings. The van der Waals surface area contributed by atoms with Gasteiger partial charge in [-0.05, 0) is 62.7 Å². The van der Waals surface area contributed by atoms with Crippen molar-refractivity contribution in [2.45, 2.75) is 45.1 Å². The van der Waals surface area contributed by atoms with Crippen molar-refractivity contribution in [2.24, 2.45) is 23.7 Å². The summed E-state index contributed by atoms with van der Waals surface area (Å²) in [5.74, 6) is 3.82. The van der Waals surface area contributed by atoms with Crippen LogP contribution >= 0.6 is 0 Å². The molecule has 1 aromatic heterocycles. The van der Waals surface area contributed by atoms with E-state index in [1.54, 1.807) is 0 Å². The van der Waals surface area contributed by atoms with Crippen molar-refractivity contribution in [3.63, 3.8) is 0 Å². The van der Waals surface area contributed by atoms with Crippen LogP contribution in [0.1, 0.15) is 43.8 Å². The Kier molecular flexibility index (Phi) is 1.92. The van der Waals surface area contributed by atoms with Gasteiger partial charge in [0.1, 0.15) is 0 Å². The largest absolute Gasteiger partial charge is 0.396 e. The van der Waals surface area contributed by atoms with Crippen molar-refractivity contribution in [2.75, 3.05) is 5.73 Å². The number of hydrogen-bond donors (Lipinski definition) is 1. The van der Waals surface area contributed by atoms with E-state index >= 15 is 0 Å². The fourth-order valence-electron chi connectivity index (χ4n) is 5.03. The molecule has 0 aliphatic heterocycles. The fourth-order valence-corrected chi connectivity index (χ4v) is 5.03. The molecule has 4 aliphatic rings. The van der Waals surface area contributed by atoms with Crippen LogP contribution in [0.3, 0.4) is 0 Å². The fraction of sp³-hybridized carbons (Fsp3) is 0.786.